The number of aliphatic hydroxyl groups excluding tert-OH is 5. The van der Waals surface area contributed by atoms with Gasteiger partial charge in [-0.05, 0) is 69.6 Å². The van der Waals surface area contributed by atoms with E-state index in [0.29, 0.717) is 32.1 Å². The zero-order valence-corrected chi connectivity index (χ0v) is 35.0. The van der Waals surface area contributed by atoms with Crippen LogP contribution >= 0.6 is 0 Å². The summed E-state index contributed by atoms with van der Waals surface area (Å²) in [5.74, 6) is -4.11. The second-order valence-electron chi connectivity index (χ2n) is 17.0. The average molecular weight is 773 g/mol. The lowest BCUT2D eigenvalue weighted by atomic mass is 9.73. The van der Waals surface area contributed by atoms with Gasteiger partial charge < -0.3 is 35.0 Å². The fourth-order valence-corrected chi connectivity index (χ4v) is 8.11. The van der Waals surface area contributed by atoms with Crippen molar-refractivity contribution in [3.8, 4) is 0 Å². The maximum Gasteiger partial charge on any atom is 0.311 e. The SMILES string of the molecule is C.CC[C@@H]1C[C@H](O)[C@@H](C)C(=O)[C@H](C)C[C@H](C)[C@H](O)C[C@H](O)[C@@H](C)C(=O)O1.CC[C@@H]1[C@H](O)[C@@H](C)C(=O)[C@H](C)C[C@H](C)[C@H](C)[C@@H](C)[C@H](O)[C@@H](C)C(=O)O[C@@H]1CC. The van der Waals surface area contributed by atoms with E-state index in [-0.39, 0.29) is 73.3 Å². The summed E-state index contributed by atoms with van der Waals surface area (Å²) < 4.78 is 11.2. The van der Waals surface area contributed by atoms with Gasteiger partial charge in [-0.1, -0.05) is 83.6 Å². The molecule has 0 bridgehead atoms. The molecule has 0 aromatic rings. The highest BCUT2D eigenvalue weighted by Crippen LogP contribution is 2.35. The predicted molar refractivity (Wildman–Crippen MR) is 211 cm³/mol. The van der Waals surface area contributed by atoms with E-state index < -0.39 is 78.3 Å². The molecule has 0 radical (unpaired) electrons. The lowest BCUT2D eigenvalue weighted by Gasteiger charge is -2.37. The third kappa shape index (κ3) is 14.2. The lowest BCUT2D eigenvalue weighted by Crippen LogP contribution is -2.44. The first-order valence-corrected chi connectivity index (χ1v) is 20.4. The smallest absolute Gasteiger partial charge is 0.311 e. The highest BCUT2D eigenvalue weighted by atomic mass is 16.6. The van der Waals surface area contributed by atoms with Gasteiger partial charge in [0.05, 0.1) is 42.4 Å². The van der Waals surface area contributed by atoms with Crippen LogP contribution in [0.5, 0.6) is 0 Å². The van der Waals surface area contributed by atoms with Crippen molar-refractivity contribution in [2.24, 2.45) is 65.1 Å². The number of Topliss-reactive ketones (excluding diaryl/α,β-unsaturated/α-hetero) is 2. The van der Waals surface area contributed by atoms with E-state index in [1.807, 2.05) is 41.5 Å². The summed E-state index contributed by atoms with van der Waals surface area (Å²) in [4.78, 5) is 50.5. The van der Waals surface area contributed by atoms with Crippen LogP contribution in [-0.4, -0.2) is 91.8 Å². The standard InChI is InChI=1S/C23H42O5.C19H34O6.CH4/c1-9-18-19(10-2)28-23(27)17(8)21(25)15(6)14(5)12(3)11-13(4)20(24)16(7)22(18)26;1-6-14-8-16(21)12(4)18(23)11(3)7-10(2)15(20)9-17(22)13(5)19(24)25-14;/h12-19,21-22,25-26H,9-11H2,1-8H3;10-17,20-22H,6-9H2,1-5H3;1H4/t12-,13+,14-,15+,16-,17+,18-,19+,21-,22+;10-,11+,12+,13+,14+,15+,16-,17-;/m00./s1. The van der Waals surface area contributed by atoms with Crippen LogP contribution in [-0.2, 0) is 28.7 Å². The molecule has 0 amide bonds. The van der Waals surface area contributed by atoms with Crippen molar-refractivity contribution >= 4 is 23.5 Å². The lowest BCUT2D eigenvalue weighted by molar-refractivity contribution is -0.166. The third-order valence-electron chi connectivity index (χ3n) is 12.9. The van der Waals surface area contributed by atoms with Gasteiger partial charge in [0.1, 0.15) is 23.8 Å². The van der Waals surface area contributed by atoms with E-state index in [2.05, 4.69) is 13.8 Å². The molecule has 5 N–H and O–H groups in total. The molecule has 0 aliphatic carbocycles. The first kappa shape index (κ1) is 52.1. The van der Waals surface area contributed by atoms with Crippen LogP contribution in [0.1, 0.15) is 142 Å². The molecule has 2 aliphatic rings. The molecule has 2 rings (SSSR count). The van der Waals surface area contributed by atoms with Crippen LogP contribution in [0.25, 0.3) is 0 Å². The molecule has 11 nitrogen and oxygen atoms in total. The molecule has 54 heavy (non-hydrogen) atoms. The summed E-state index contributed by atoms with van der Waals surface area (Å²) >= 11 is 0. The number of hydrogen-bond acceptors (Lipinski definition) is 11. The van der Waals surface area contributed by atoms with Crippen LogP contribution in [0, 0.1) is 65.1 Å². The first-order chi connectivity index (χ1) is 24.5. The largest absolute Gasteiger partial charge is 0.462 e. The number of rotatable bonds is 3. The van der Waals surface area contributed by atoms with Crippen molar-refractivity contribution in [1.29, 1.82) is 0 Å². The Morgan fingerprint density at radius 1 is 0.500 bits per heavy atom. The average Bonchev–Trinajstić information content (AvgIpc) is 3.13. The molecule has 0 saturated carbocycles. The predicted octanol–water partition coefficient (Wildman–Crippen LogP) is 6.17. The highest BCUT2D eigenvalue weighted by Gasteiger charge is 2.40. The van der Waals surface area contributed by atoms with Crippen molar-refractivity contribution in [2.45, 2.75) is 185 Å². The minimum Gasteiger partial charge on any atom is -0.462 e. The van der Waals surface area contributed by atoms with Crippen molar-refractivity contribution in [3.63, 3.8) is 0 Å². The van der Waals surface area contributed by atoms with E-state index >= 15 is 0 Å². The van der Waals surface area contributed by atoms with Crippen LogP contribution < -0.4 is 0 Å². The summed E-state index contributed by atoms with van der Waals surface area (Å²) in [5.41, 5.74) is 0. The molecule has 11 heteroatoms. The minimum absolute atomic E-state index is 0. The summed E-state index contributed by atoms with van der Waals surface area (Å²) in [5, 5.41) is 52.7. The molecule has 0 spiro atoms. The quantitative estimate of drug-likeness (QED) is 0.207. The van der Waals surface area contributed by atoms with E-state index in [9.17, 15) is 44.7 Å². The zero-order valence-electron chi connectivity index (χ0n) is 35.0. The Kier molecular flexibility index (Phi) is 23.1. The monoisotopic (exact) mass is 773 g/mol. The van der Waals surface area contributed by atoms with Crippen molar-refractivity contribution in [1.82, 2.24) is 0 Å². The van der Waals surface area contributed by atoms with E-state index in [1.54, 1.807) is 34.6 Å². The molecular weight excluding hydrogens is 692 g/mol. The van der Waals surface area contributed by atoms with Gasteiger partial charge in [0.25, 0.3) is 0 Å². The van der Waals surface area contributed by atoms with Gasteiger partial charge in [-0.25, -0.2) is 0 Å². The van der Waals surface area contributed by atoms with Crippen molar-refractivity contribution in [3.05, 3.63) is 0 Å². The topological polar surface area (TPSA) is 188 Å². The number of carbonyl (C=O) groups excluding carboxylic acids is 4. The van der Waals surface area contributed by atoms with Gasteiger partial charge in [-0.2, -0.15) is 0 Å². The fourth-order valence-electron chi connectivity index (χ4n) is 8.11. The number of ether oxygens (including phenoxy) is 2. The number of hydrogen-bond donors (Lipinski definition) is 5. The molecule has 2 saturated heterocycles. The summed E-state index contributed by atoms with van der Waals surface area (Å²) in [7, 11) is 0. The Balaban J connectivity index is 0.00000103. The molecule has 2 fully saturated rings. The van der Waals surface area contributed by atoms with Gasteiger partial charge in [-0.15, -0.1) is 0 Å². The summed E-state index contributed by atoms with van der Waals surface area (Å²) in [6, 6.07) is 0. The number of ketones is 2. The Morgan fingerprint density at radius 3 is 1.48 bits per heavy atom. The van der Waals surface area contributed by atoms with E-state index in [0.717, 1.165) is 0 Å². The molecular formula is C43H80O11. The Hall–Kier alpha value is -1.92. The molecule has 2 heterocycles. The zero-order chi connectivity index (χ0) is 41.1. The second kappa shape index (κ2) is 24.0. The molecule has 2 aliphatic heterocycles. The first-order valence-electron chi connectivity index (χ1n) is 20.4. The maximum absolute atomic E-state index is 13.0. The Labute approximate surface area is 327 Å². The number of aliphatic hydroxyl groups is 5. The molecule has 0 aromatic heterocycles. The summed E-state index contributed by atoms with van der Waals surface area (Å²) in [6.45, 7) is 24.2. The van der Waals surface area contributed by atoms with E-state index in [4.69, 9.17) is 9.47 Å². The molecule has 18 atom stereocenters. The Morgan fingerprint density at radius 2 is 0.981 bits per heavy atom. The molecule has 318 valence electrons. The van der Waals surface area contributed by atoms with Crippen LogP contribution in [0.4, 0.5) is 0 Å². The minimum atomic E-state index is -1.01. The summed E-state index contributed by atoms with van der Waals surface area (Å²) in [6.07, 6.45) is -2.23. The van der Waals surface area contributed by atoms with Crippen LogP contribution in [0.3, 0.4) is 0 Å². The van der Waals surface area contributed by atoms with E-state index in [1.165, 1.54) is 0 Å². The molecule has 0 aromatic carbocycles. The molecule has 0 unspecified atom stereocenters. The number of esters is 2. The third-order valence-corrected chi connectivity index (χ3v) is 12.9. The fraction of sp³-hybridized carbons (Fsp3) is 0.907. The Bertz CT molecular complexity index is 1140. The van der Waals surface area contributed by atoms with Gasteiger partial charge in [-0.3, -0.25) is 19.2 Å². The van der Waals surface area contributed by atoms with Crippen LogP contribution in [0.15, 0.2) is 0 Å². The van der Waals surface area contributed by atoms with Gasteiger partial charge in [0, 0.05) is 42.4 Å². The van der Waals surface area contributed by atoms with Gasteiger partial charge in [0.2, 0.25) is 0 Å². The van der Waals surface area contributed by atoms with Crippen LogP contribution in [0.2, 0.25) is 0 Å². The van der Waals surface area contributed by atoms with Crippen molar-refractivity contribution < 1.29 is 54.2 Å². The van der Waals surface area contributed by atoms with Gasteiger partial charge in [0.15, 0.2) is 0 Å². The normalized spacial score (nSPS) is 42.9. The second-order valence-corrected chi connectivity index (χ2v) is 17.0. The number of carbonyl (C=O) groups is 4. The maximum atomic E-state index is 13.0. The number of cyclic esters (lactones) is 2. The van der Waals surface area contributed by atoms with Crippen molar-refractivity contribution in [2.75, 3.05) is 0 Å². The van der Waals surface area contributed by atoms with Gasteiger partial charge >= 0.3 is 11.9 Å². The highest BCUT2D eigenvalue weighted by molar-refractivity contribution is 5.84.